The molecule has 166 valence electrons. The van der Waals surface area contributed by atoms with Crippen LogP contribution in [-0.2, 0) is 0 Å². The molecule has 1 unspecified atom stereocenters. The van der Waals surface area contributed by atoms with Gasteiger partial charge in [-0.05, 0) is 36.3 Å². The van der Waals surface area contributed by atoms with Gasteiger partial charge in [-0.2, -0.15) is 9.78 Å². The van der Waals surface area contributed by atoms with Crippen molar-refractivity contribution in [1.29, 1.82) is 0 Å². The molecule has 2 aliphatic rings. The third kappa shape index (κ3) is 3.65. The lowest BCUT2D eigenvalue weighted by Gasteiger charge is -2.24. The normalized spacial score (nSPS) is 24.5. The zero-order valence-corrected chi connectivity index (χ0v) is 18.8. The second-order valence-corrected chi connectivity index (χ2v) is 9.73. The molecule has 0 spiro atoms. The summed E-state index contributed by atoms with van der Waals surface area (Å²) in [7, 11) is 0. The molecular weight excluding hydrogens is 452 g/mol. The number of hydrogen-bond acceptors (Lipinski definition) is 6. The maximum atomic E-state index is 12.8. The first-order valence-corrected chi connectivity index (χ1v) is 11.6. The zero-order chi connectivity index (χ0) is 22.5. The van der Waals surface area contributed by atoms with E-state index in [0.29, 0.717) is 23.9 Å². The van der Waals surface area contributed by atoms with Gasteiger partial charge in [-0.25, -0.2) is 14.6 Å². The van der Waals surface area contributed by atoms with Crippen LogP contribution in [0.2, 0.25) is 5.02 Å². The first-order chi connectivity index (χ1) is 15.3. The van der Waals surface area contributed by atoms with Crippen molar-refractivity contribution in [2.24, 2.45) is 11.3 Å². The van der Waals surface area contributed by atoms with Crippen molar-refractivity contribution in [2.75, 3.05) is 13.1 Å². The summed E-state index contributed by atoms with van der Waals surface area (Å²) in [5, 5.41) is 15.4. The molecule has 0 radical (unpaired) electrons. The van der Waals surface area contributed by atoms with E-state index in [0.717, 1.165) is 28.8 Å². The molecule has 1 saturated carbocycles. The highest BCUT2D eigenvalue weighted by Gasteiger charge is 2.52. The molecule has 0 bridgehead atoms. The number of carboxylic acids is 1. The molecule has 1 amide bonds. The number of thiazole rings is 1. The molecule has 10 heteroatoms. The van der Waals surface area contributed by atoms with Gasteiger partial charge in [0.25, 0.3) is 0 Å². The van der Waals surface area contributed by atoms with Gasteiger partial charge < -0.3 is 14.7 Å². The van der Waals surface area contributed by atoms with Gasteiger partial charge in [0, 0.05) is 30.2 Å². The summed E-state index contributed by atoms with van der Waals surface area (Å²) < 4.78 is 7.42. The van der Waals surface area contributed by atoms with Crippen LogP contribution in [0.4, 0.5) is 4.79 Å². The summed E-state index contributed by atoms with van der Waals surface area (Å²) in [5.74, 6) is -0.220. The Morgan fingerprint density at radius 1 is 1.34 bits per heavy atom. The maximum Gasteiger partial charge on any atom is 0.356 e. The Balaban J connectivity index is 1.26. The fraction of sp³-hybridized carbons (Fsp3) is 0.364. The van der Waals surface area contributed by atoms with Crippen LogP contribution >= 0.6 is 22.9 Å². The molecule has 3 atom stereocenters. The number of halogens is 1. The minimum absolute atomic E-state index is 0.00810. The average Bonchev–Trinajstić information content (AvgIpc) is 3.52. The van der Waals surface area contributed by atoms with Crippen molar-refractivity contribution in [2.45, 2.75) is 25.9 Å². The summed E-state index contributed by atoms with van der Waals surface area (Å²) in [4.78, 5) is 29.9. The largest absolute Gasteiger partial charge is 0.489 e. The number of likely N-dealkylation sites (tertiary alicyclic amines) is 1. The van der Waals surface area contributed by atoms with Crippen LogP contribution in [0, 0.1) is 11.3 Å². The van der Waals surface area contributed by atoms with Crippen molar-refractivity contribution >= 4 is 34.9 Å². The molecule has 32 heavy (non-hydrogen) atoms. The molecule has 1 N–H and O–H groups in total. The molecule has 1 aliphatic heterocycles. The van der Waals surface area contributed by atoms with Crippen LogP contribution in [-0.4, -0.2) is 56.0 Å². The van der Waals surface area contributed by atoms with Crippen molar-refractivity contribution in [3.05, 3.63) is 52.1 Å². The SMILES string of the molecule is CC12C[C@H](Oc3cccc(-c4cscn4)c3Cl)C[C@H]1CN(C(=O)n1ccc(C(=O)O)n1)C2. The Morgan fingerprint density at radius 2 is 2.19 bits per heavy atom. The molecule has 1 aliphatic carbocycles. The van der Waals surface area contributed by atoms with Crippen LogP contribution in [0.25, 0.3) is 11.3 Å². The number of amides is 1. The minimum Gasteiger partial charge on any atom is -0.489 e. The van der Waals surface area contributed by atoms with Crippen LogP contribution in [0.15, 0.2) is 41.4 Å². The third-order valence-corrected chi connectivity index (χ3v) is 7.44. The number of nitrogens with zero attached hydrogens (tertiary/aromatic N) is 4. The molecule has 1 saturated heterocycles. The predicted molar refractivity (Wildman–Crippen MR) is 119 cm³/mol. The van der Waals surface area contributed by atoms with Crippen molar-refractivity contribution in [3.63, 3.8) is 0 Å². The molecule has 3 heterocycles. The first-order valence-electron chi connectivity index (χ1n) is 10.3. The van der Waals surface area contributed by atoms with Gasteiger partial charge in [-0.15, -0.1) is 11.3 Å². The van der Waals surface area contributed by atoms with E-state index in [2.05, 4.69) is 17.0 Å². The quantitative estimate of drug-likeness (QED) is 0.600. The van der Waals surface area contributed by atoms with Gasteiger partial charge in [-0.1, -0.05) is 30.7 Å². The monoisotopic (exact) mass is 472 g/mol. The number of benzene rings is 1. The van der Waals surface area contributed by atoms with Gasteiger partial charge in [0.1, 0.15) is 5.75 Å². The van der Waals surface area contributed by atoms with Crippen molar-refractivity contribution in [3.8, 4) is 17.0 Å². The van der Waals surface area contributed by atoms with E-state index in [4.69, 9.17) is 21.4 Å². The van der Waals surface area contributed by atoms with Crippen LogP contribution in [0.3, 0.4) is 0 Å². The Hall–Kier alpha value is -2.91. The summed E-state index contributed by atoms with van der Waals surface area (Å²) in [5.41, 5.74) is 3.24. The number of carbonyl (C=O) groups is 2. The maximum absolute atomic E-state index is 12.8. The van der Waals surface area contributed by atoms with Gasteiger partial charge in [0.05, 0.1) is 22.3 Å². The lowest BCUT2D eigenvalue weighted by molar-refractivity contribution is 0.0690. The van der Waals surface area contributed by atoms with Gasteiger partial charge in [-0.3, -0.25) is 0 Å². The first kappa shape index (κ1) is 21.0. The number of fused-ring (bicyclic) bond motifs is 1. The van der Waals surface area contributed by atoms with Gasteiger partial charge in [0.2, 0.25) is 0 Å². The fourth-order valence-corrected chi connectivity index (χ4v) is 5.70. The van der Waals surface area contributed by atoms with Crippen molar-refractivity contribution < 1.29 is 19.4 Å². The minimum atomic E-state index is -1.15. The number of rotatable bonds is 4. The Bertz CT molecular complexity index is 1180. The van der Waals surface area contributed by atoms with E-state index in [1.807, 2.05) is 23.6 Å². The van der Waals surface area contributed by atoms with Gasteiger partial charge in [0.15, 0.2) is 5.69 Å². The number of aromatic nitrogens is 3. The van der Waals surface area contributed by atoms with E-state index < -0.39 is 5.97 Å². The zero-order valence-electron chi connectivity index (χ0n) is 17.3. The predicted octanol–water partition coefficient (Wildman–Crippen LogP) is 4.51. The molecule has 8 nitrogen and oxygen atoms in total. The third-order valence-electron chi connectivity index (χ3n) is 6.46. The molecular formula is C22H21ClN4O4S. The molecule has 1 aromatic carbocycles. The van der Waals surface area contributed by atoms with Crippen molar-refractivity contribution in [1.82, 2.24) is 19.7 Å². The molecule has 2 fully saturated rings. The number of carbonyl (C=O) groups excluding carboxylic acids is 1. The van der Waals surface area contributed by atoms with E-state index in [-0.39, 0.29) is 29.2 Å². The highest BCUT2D eigenvalue weighted by Crippen LogP contribution is 2.50. The van der Waals surface area contributed by atoms with Crippen LogP contribution in [0.5, 0.6) is 5.75 Å². The van der Waals surface area contributed by atoms with E-state index in [1.165, 1.54) is 23.6 Å². The summed E-state index contributed by atoms with van der Waals surface area (Å²) >= 11 is 8.14. The average molecular weight is 473 g/mol. The smallest absolute Gasteiger partial charge is 0.356 e. The number of ether oxygens (including phenoxy) is 1. The standard InChI is InChI=1S/C22H21ClN4O4S/c1-22-8-14(31-18-4-2-3-15(19(18)23)17-10-32-12-24-17)7-13(22)9-26(11-22)21(30)27-6-5-16(25-27)20(28)29/h2-6,10,12-14H,7-9,11H2,1H3,(H,28,29)/t13-,14+,22?/m0/s1. The summed E-state index contributed by atoms with van der Waals surface area (Å²) in [6.45, 7) is 3.34. The second-order valence-electron chi connectivity index (χ2n) is 8.64. The van der Waals surface area contributed by atoms with Crippen LogP contribution in [0.1, 0.15) is 30.3 Å². The number of aromatic carboxylic acids is 1. The molecule has 2 aromatic heterocycles. The number of hydrogen-bond donors (Lipinski definition) is 1. The second kappa shape index (κ2) is 7.90. The lowest BCUT2D eigenvalue weighted by Crippen LogP contribution is -2.36. The fourth-order valence-electron chi connectivity index (χ4n) is 4.88. The highest BCUT2D eigenvalue weighted by molar-refractivity contribution is 7.07. The highest BCUT2D eigenvalue weighted by atomic mass is 35.5. The van der Waals surface area contributed by atoms with E-state index in [9.17, 15) is 9.59 Å². The lowest BCUT2D eigenvalue weighted by atomic mass is 9.83. The van der Waals surface area contributed by atoms with Crippen LogP contribution < -0.4 is 4.74 Å². The van der Waals surface area contributed by atoms with E-state index in [1.54, 1.807) is 10.4 Å². The molecule has 5 rings (SSSR count). The Labute approximate surface area is 193 Å². The van der Waals surface area contributed by atoms with Gasteiger partial charge >= 0.3 is 12.0 Å². The Kier molecular flexibility index (Phi) is 5.17. The Morgan fingerprint density at radius 3 is 2.88 bits per heavy atom. The summed E-state index contributed by atoms with van der Waals surface area (Å²) in [6, 6.07) is 6.76. The van der Waals surface area contributed by atoms with E-state index >= 15 is 0 Å². The topological polar surface area (TPSA) is 97.6 Å². The summed E-state index contributed by atoms with van der Waals surface area (Å²) in [6.07, 6.45) is 3.02. The molecule has 3 aromatic rings. The number of carboxylic acid groups (broad SMARTS) is 1.